The summed E-state index contributed by atoms with van der Waals surface area (Å²) < 4.78 is 0. The smallest absolute Gasteiger partial charge is 0.242 e. The van der Waals surface area contributed by atoms with E-state index in [9.17, 15) is 9.59 Å². The zero-order valence-corrected chi connectivity index (χ0v) is 17.1. The first-order chi connectivity index (χ1) is 13.0. The van der Waals surface area contributed by atoms with Crippen molar-refractivity contribution in [3.8, 4) is 0 Å². The quantitative estimate of drug-likeness (QED) is 0.716. The second-order valence-electron chi connectivity index (χ2n) is 6.56. The number of amides is 2. The number of rotatable bonds is 9. The van der Waals surface area contributed by atoms with Gasteiger partial charge in [-0.3, -0.25) is 9.59 Å². The van der Waals surface area contributed by atoms with Crippen molar-refractivity contribution in [2.24, 2.45) is 0 Å². The van der Waals surface area contributed by atoms with E-state index >= 15 is 0 Å². The van der Waals surface area contributed by atoms with Gasteiger partial charge in [-0.15, -0.1) is 11.8 Å². The second-order valence-corrected chi connectivity index (χ2v) is 7.55. The third-order valence-electron chi connectivity index (χ3n) is 4.29. The minimum absolute atomic E-state index is 0.0183. The van der Waals surface area contributed by atoms with Gasteiger partial charge in [0.15, 0.2) is 0 Å². The number of carbonyl (C=O) groups excluding carboxylic acids is 2. The Kier molecular flexibility index (Phi) is 8.40. The molecule has 2 amide bonds. The Hall–Kier alpha value is -2.27. The van der Waals surface area contributed by atoms with E-state index in [0.717, 1.165) is 11.3 Å². The highest BCUT2D eigenvalue weighted by Gasteiger charge is 2.25. The Labute approximate surface area is 166 Å². The van der Waals surface area contributed by atoms with E-state index in [-0.39, 0.29) is 11.8 Å². The summed E-state index contributed by atoms with van der Waals surface area (Å²) in [6.07, 6.45) is 0. The third-order valence-corrected chi connectivity index (χ3v) is 5.28. The molecule has 1 N–H and O–H groups in total. The molecule has 0 heterocycles. The summed E-state index contributed by atoms with van der Waals surface area (Å²) in [6, 6.07) is 17.6. The monoisotopic (exact) mass is 384 g/mol. The van der Waals surface area contributed by atoms with Crippen LogP contribution in [0.3, 0.4) is 0 Å². The third kappa shape index (κ3) is 6.75. The fraction of sp³-hybridized carbons (Fsp3) is 0.364. The second kappa shape index (κ2) is 10.8. The van der Waals surface area contributed by atoms with E-state index in [0.29, 0.717) is 18.8 Å². The molecule has 1 atom stereocenters. The normalized spacial score (nSPS) is 11.7. The van der Waals surface area contributed by atoms with E-state index in [4.69, 9.17) is 0 Å². The molecular weight excluding hydrogens is 356 g/mol. The lowest BCUT2D eigenvalue weighted by atomic mass is 10.1. The molecule has 0 spiro atoms. The van der Waals surface area contributed by atoms with Crippen LogP contribution in [0.15, 0.2) is 54.6 Å². The van der Waals surface area contributed by atoms with Crippen molar-refractivity contribution in [3.05, 3.63) is 71.3 Å². The van der Waals surface area contributed by atoms with E-state index < -0.39 is 6.04 Å². The summed E-state index contributed by atoms with van der Waals surface area (Å²) in [6.45, 7) is 6.72. The highest BCUT2D eigenvalue weighted by atomic mass is 32.2. The maximum absolute atomic E-state index is 12.9. The lowest BCUT2D eigenvalue weighted by Crippen LogP contribution is -2.48. The van der Waals surface area contributed by atoms with Crippen LogP contribution in [0.5, 0.6) is 0 Å². The van der Waals surface area contributed by atoms with Crippen LogP contribution in [-0.2, 0) is 21.9 Å². The molecule has 5 heteroatoms. The summed E-state index contributed by atoms with van der Waals surface area (Å²) >= 11 is 1.58. The van der Waals surface area contributed by atoms with Gasteiger partial charge < -0.3 is 10.2 Å². The van der Waals surface area contributed by atoms with Crippen LogP contribution in [0.25, 0.3) is 0 Å². The summed E-state index contributed by atoms with van der Waals surface area (Å²) in [4.78, 5) is 26.9. The summed E-state index contributed by atoms with van der Waals surface area (Å²) in [5, 5.41) is 2.81. The molecule has 144 valence electrons. The molecule has 0 aromatic heterocycles. The molecule has 4 nitrogen and oxygen atoms in total. The van der Waals surface area contributed by atoms with Crippen LogP contribution in [0, 0.1) is 6.92 Å². The zero-order chi connectivity index (χ0) is 19.6. The number of benzene rings is 2. The Balaban J connectivity index is 2.02. The molecule has 2 aromatic carbocycles. The van der Waals surface area contributed by atoms with Gasteiger partial charge in [-0.2, -0.15) is 0 Å². The van der Waals surface area contributed by atoms with Gasteiger partial charge in [-0.25, -0.2) is 0 Å². The minimum Gasteiger partial charge on any atom is -0.355 e. The SMILES string of the molecule is CCNC(=O)[C@@H](C)N(Cc1ccccc1)C(=O)CSCc1cccc(C)c1. The summed E-state index contributed by atoms with van der Waals surface area (Å²) in [5.41, 5.74) is 3.44. The van der Waals surface area contributed by atoms with E-state index in [1.807, 2.05) is 43.3 Å². The molecule has 0 aliphatic carbocycles. The van der Waals surface area contributed by atoms with Gasteiger partial charge in [0.1, 0.15) is 6.04 Å². The van der Waals surface area contributed by atoms with Crippen molar-refractivity contribution in [2.45, 2.75) is 39.1 Å². The highest BCUT2D eigenvalue weighted by molar-refractivity contribution is 7.99. The number of likely N-dealkylation sites (N-methyl/N-ethyl adjacent to an activating group) is 1. The number of hydrogen-bond acceptors (Lipinski definition) is 3. The van der Waals surface area contributed by atoms with Gasteiger partial charge in [0.05, 0.1) is 5.75 Å². The first-order valence-electron chi connectivity index (χ1n) is 9.25. The first kappa shape index (κ1) is 21.0. The molecule has 0 fully saturated rings. The van der Waals surface area contributed by atoms with E-state index in [1.165, 1.54) is 11.1 Å². The van der Waals surface area contributed by atoms with Crippen LogP contribution in [-0.4, -0.2) is 35.1 Å². The van der Waals surface area contributed by atoms with Gasteiger partial charge in [0, 0.05) is 18.8 Å². The number of carbonyl (C=O) groups is 2. The Morgan fingerprint density at radius 3 is 2.44 bits per heavy atom. The highest BCUT2D eigenvalue weighted by Crippen LogP contribution is 2.16. The lowest BCUT2D eigenvalue weighted by molar-refractivity contribution is -0.138. The molecule has 27 heavy (non-hydrogen) atoms. The lowest BCUT2D eigenvalue weighted by Gasteiger charge is -2.28. The number of hydrogen-bond donors (Lipinski definition) is 1. The molecule has 0 unspecified atom stereocenters. The zero-order valence-electron chi connectivity index (χ0n) is 16.3. The molecular formula is C22H28N2O2S. The Bertz CT molecular complexity index is 749. The maximum Gasteiger partial charge on any atom is 0.242 e. The van der Waals surface area contributed by atoms with E-state index in [1.54, 1.807) is 23.6 Å². The maximum atomic E-state index is 12.9. The van der Waals surface area contributed by atoms with Crippen molar-refractivity contribution in [2.75, 3.05) is 12.3 Å². The van der Waals surface area contributed by atoms with Crippen molar-refractivity contribution in [1.29, 1.82) is 0 Å². The van der Waals surface area contributed by atoms with Crippen molar-refractivity contribution in [1.82, 2.24) is 10.2 Å². The minimum atomic E-state index is -0.503. The number of thioether (sulfide) groups is 1. The van der Waals surface area contributed by atoms with Crippen LogP contribution in [0.1, 0.15) is 30.5 Å². The van der Waals surface area contributed by atoms with E-state index in [2.05, 4.69) is 30.4 Å². The molecule has 0 aliphatic rings. The largest absolute Gasteiger partial charge is 0.355 e. The fourth-order valence-electron chi connectivity index (χ4n) is 2.83. The van der Waals surface area contributed by atoms with Crippen LogP contribution in [0.4, 0.5) is 0 Å². The summed E-state index contributed by atoms with van der Waals surface area (Å²) in [5.74, 6) is 0.993. The fourth-order valence-corrected chi connectivity index (χ4v) is 3.68. The standard InChI is InChI=1S/C22H28N2O2S/c1-4-23-22(26)18(3)24(14-19-10-6-5-7-11-19)21(25)16-27-15-20-12-8-9-17(2)13-20/h5-13,18H,4,14-16H2,1-3H3,(H,23,26)/t18-/m1/s1. The first-order valence-corrected chi connectivity index (χ1v) is 10.4. The molecule has 0 saturated heterocycles. The number of aryl methyl sites for hydroxylation is 1. The average Bonchev–Trinajstić information content (AvgIpc) is 2.66. The molecule has 0 radical (unpaired) electrons. The van der Waals surface area contributed by atoms with Gasteiger partial charge >= 0.3 is 0 Å². The van der Waals surface area contributed by atoms with Gasteiger partial charge in [-0.1, -0.05) is 60.2 Å². The van der Waals surface area contributed by atoms with Gasteiger partial charge in [0.2, 0.25) is 11.8 Å². The molecule has 0 bridgehead atoms. The number of nitrogens with zero attached hydrogens (tertiary/aromatic N) is 1. The number of nitrogens with one attached hydrogen (secondary N) is 1. The predicted octanol–water partition coefficient (Wildman–Crippen LogP) is 3.78. The van der Waals surface area contributed by atoms with Crippen molar-refractivity contribution < 1.29 is 9.59 Å². The van der Waals surface area contributed by atoms with Crippen LogP contribution < -0.4 is 5.32 Å². The van der Waals surface area contributed by atoms with Crippen molar-refractivity contribution in [3.63, 3.8) is 0 Å². The Morgan fingerprint density at radius 2 is 1.78 bits per heavy atom. The molecule has 0 saturated carbocycles. The van der Waals surface area contributed by atoms with Gasteiger partial charge in [-0.05, 0) is 31.9 Å². The van der Waals surface area contributed by atoms with Crippen LogP contribution >= 0.6 is 11.8 Å². The van der Waals surface area contributed by atoms with Gasteiger partial charge in [0.25, 0.3) is 0 Å². The van der Waals surface area contributed by atoms with Crippen molar-refractivity contribution >= 4 is 23.6 Å². The Morgan fingerprint density at radius 1 is 1.07 bits per heavy atom. The van der Waals surface area contributed by atoms with Crippen LogP contribution in [0.2, 0.25) is 0 Å². The average molecular weight is 385 g/mol. The summed E-state index contributed by atoms with van der Waals surface area (Å²) in [7, 11) is 0. The topological polar surface area (TPSA) is 49.4 Å². The molecule has 0 aliphatic heterocycles. The molecule has 2 rings (SSSR count). The predicted molar refractivity (Wildman–Crippen MR) is 112 cm³/mol. The molecule has 2 aromatic rings.